The summed E-state index contributed by atoms with van der Waals surface area (Å²) in [5.41, 5.74) is 2.96. The summed E-state index contributed by atoms with van der Waals surface area (Å²) >= 11 is 0. The maximum absolute atomic E-state index is 12.4. The fraction of sp³-hybridized carbons (Fsp3) is 0.542. The zero-order valence-electron chi connectivity index (χ0n) is 18.6. The van der Waals surface area contributed by atoms with Gasteiger partial charge < -0.3 is 19.2 Å². The smallest absolute Gasteiger partial charge is 0.409 e. The van der Waals surface area contributed by atoms with E-state index in [1.807, 2.05) is 26.0 Å². The van der Waals surface area contributed by atoms with Crippen molar-refractivity contribution in [1.29, 1.82) is 0 Å². The lowest BCUT2D eigenvalue weighted by atomic mass is 9.83. The van der Waals surface area contributed by atoms with Gasteiger partial charge in [-0.3, -0.25) is 4.79 Å². The highest BCUT2D eigenvalue weighted by molar-refractivity contribution is 5.70. The first kappa shape index (κ1) is 22.8. The Morgan fingerprint density at radius 3 is 2.68 bits per heavy atom. The number of carbonyl (C=O) groups excluding carboxylic acids is 1. The van der Waals surface area contributed by atoms with E-state index in [4.69, 9.17) is 9.15 Å². The standard InChI is InChI=1S/C24H32N2O5/c1-4-17-7-6-8-19(15-17)22-25-21(16(3)31-22)11-14-30-24(29)26-12-9-18(10-13-26)20(5-2)23(27)28/h6-8,15,18,20H,4-5,9-14H2,1-3H3,(H,27,28). The first-order chi connectivity index (χ1) is 14.9. The summed E-state index contributed by atoms with van der Waals surface area (Å²) in [7, 11) is 0. The molecule has 168 valence electrons. The molecule has 7 heteroatoms. The summed E-state index contributed by atoms with van der Waals surface area (Å²) in [6.07, 6.45) is 3.10. The van der Waals surface area contributed by atoms with Crippen molar-refractivity contribution in [3.8, 4) is 11.5 Å². The Hall–Kier alpha value is -2.83. The molecular weight excluding hydrogens is 396 g/mol. The van der Waals surface area contributed by atoms with Gasteiger partial charge in [-0.2, -0.15) is 0 Å². The molecule has 1 saturated heterocycles. The predicted molar refractivity (Wildman–Crippen MR) is 117 cm³/mol. The number of carboxylic acids is 1. The number of nitrogens with zero attached hydrogens (tertiary/aromatic N) is 2. The Labute approximate surface area is 183 Å². The second-order valence-corrected chi connectivity index (χ2v) is 8.12. The molecule has 1 aliphatic rings. The quantitative estimate of drug-likeness (QED) is 0.654. The van der Waals surface area contributed by atoms with Gasteiger partial charge in [0.25, 0.3) is 0 Å². The highest BCUT2D eigenvalue weighted by atomic mass is 16.6. The molecule has 0 saturated carbocycles. The number of ether oxygens (including phenoxy) is 1. The second-order valence-electron chi connectivity index (χ2n) is 8.12. The van der Waals surface area contributed by atoms with Crippen LogP contribution in [0.15, 0.2) is 28.7 Å². The highest BCUT2D eigenvalue weighted by Crippen LogP contribution is 2.28. The summed E-state index contributed by atoms with van der Waals surface area (Å²) in [4.78, 5) is 30.0. The van der Waals surface area contributed by atoms with E-state index < -0.39 is 5.97 Å². The van der Waals surface area contributed by atoms with Gasteiger partial charge in [-0.25, -0.2) is 9.78 Å². The normalized spacial score (nSPS) is 15.6. The van der Waals surface area contributed by atoms with E-state index in [1.54, 1.807) is 4.90 Å². The topological polar surface area (TPSA) is 92.9 Å². The molecular formula is C24H32N2O5. The summed E-state index contributed by atoms with van der Waals surface area (Å²) < 4.78 is 11.3. The summed E-state index contributed by atoms with van der Waals surface area (Å²) in [5, 5.41) is 9.33. The van der Waals surface area contributed by atoms with Crippen LogP contribution >= 0.6 is 0 Å². The fourth-order valence-corrected chi connectivity index (χ4v) is 4.23. The number of likely N-dealkylation sites (tertiary alicyclic amines) is 1. The number of aromatic nitrogens is 1. The van der Waals surface area contributed by atoms with Crippen molar-refractivity contribution in [2.75, 3.05) is 19.7 Å². The summed E-state index contributed by atoms with van der Waals surface area (Å²) in [6, 6.07) is 8.13. The Balaban J connectivity index is 1.49. The number of aliphatic carboxylic acids is 1. The van der Waals surface area contributed by atoms with E-state index in [-0.39, 0.29) is 24.5 Å². The Morgan fingerprint density at radius 2 is 2.03 bits per heavy atom. The van der Waals surface area contributed by atoms with E-state index in [1.165, 1.54) is 5.56 Å². The van der Waals surface area contributed by atoms with Crippen molar-refractivity contribution < 1.29 is 23.8 Å². The maximum atomic E-state index is 12.4. The molecule has 1 aliphatic heterocycles. The van der Waals surface area contributed by atoms with E-state index in [0.717, 1.165) is 23.4 Å². The van der Waals surface area contributed by atoms with Crippen LogP contribution in [0.2, 0.25) is 0 Å². The third-order valence-corrected chi connectivity index (χ3v) is 6.16. The third-order valence-electron chi connectivity index (χ3n) is 6.16. The minimum Gasteiger partial charge on any atom is -0.481 e. The van der Waals surface area contributed by atoms with Gasteiger partial charge in [0.05, 0.1) is 18.2 Å². The van der Waals surface area contributed by atoms with E-state index in [9.17, 15) is 14.7 Å². The molecule has 1 N–H and O–H groups in total. The summed E-state index contributed by atoms with van der Waals surface area (Å²) in [6.45, 7) is 7.18. The number of hydrogen-bond acceptors (Lipinski definition) is 5. The van der Waals surface area contributed by atoms with Crippen molar-refractivity contribution in [2.24, 2.45) is 11.8 Å². The lowest BCUT2D eigenvalue weighted by Gasteiger charge is -2.33. The number of benzene rings is 1. The van der Waals surface area contributed by atoms with Crippen LogP contribution in [0.1, 0.15) is 50.1 Å². The first-order valence-electron chi connectivity index (χ1n) is 11.1. The van der Waals surface area contributed by atoms with Crippen LogP contribution in [0, 0.1) is 18.8 Å². The van der Waals surface area contributed by atoms with E-state index in [2.05, 4.69) is 24.0 Å². The molecule has 0 radical (unpaired) electrons. The zero-order chi connectivity index (χ0) is 22.4. The van der Waals surface area contributed by atoms with Gasteiger partial charge in [0.1, 0.15) is 5.76 Å². The number of hydrogen-bond donors (Lipinski definition) is 1. The average Bonchev–Trinajstić information content (AvgIpc) is 3.15. The molecule has 1 aromatic heterocycles. The first-order valence-corrected chi connectivity index (χ1v) is 11.1. The van der Waals surface area contributed by atoms with Crippen molar-refractivity contribution in [2.45, 2.75) is 52.9 Å². The number of oxazole rings is 1. The highest BCUT2D eigenvalue weighted by Gasteiger charge is 2.31. The van der Waals surface area contributed by atoms with Gasteiger partial charge in [-0.05, 0) is 56.2 Å². The molecule has 0 aliphatic carbocycles. The molecule has 31 heavy (non-hydrogen) atoms. The molecule has 2 heterocycles. The SMILES string of the molecule is CCc1cccc(-c2nc(CCOC(=O)N3CCC(C(CC)C(=O)O)CC3)c(C)o2)c1. The number of amides is 1. The van der Waals surface area contributed by atoms with Crippen LogP contribution in [0.5, 0.6) is 0 Å². The lowest BCUT2D eigenvalue weighted by molar-refractivity contribution is -0.144. The number of aryl methyl sites for hydroxylation is 2. The van der Waals surface area contributed by atoms with Gasteiger partial charge in [0.2, 0.25) is 5.89 Å². The van der Waals surface area contributed by atoms with Crippen molar-refractivity contribution >= 4 is 12.1 Å². The van der Waals surface area contributed by atoms with Crippen LogP contribution in [0.3, 0.4) is 0 Å². The Kier molecular flexibility index (Phi) is 7.71. The van der Waals surface area contributed by atoms with E-state index >= 15 is 0 Å². The molecule has 0 spiro atoms. The van der Waals surface area contributed by atoms with Crippen molar-refractivity contribution in [3.05, 3.63) is 41.3 Å². The predicted octanol–water partition coefficient (Wildman–Crippen LogP) is 4.71. The summed E-state index contributed by atoms with van der Waals surface area (Å²) in [5.74, 6) is 0.356. The fourth-order valence-electron chi connectivity index (χ4n) is 4.23. The van der Waals surface area contributed by atoms with Crippen LogP contribution in [0.4, 0.5) is 4.79 Å². The molecule has 2 aromatic rings. The molecule has 0 bridgehead atoms. The van der Waals surface area contributed by atoms with Crippen molar-refractivity contribution in [1.82, 2.24) is 9.88 Å². The number of piperidine rings is 1. The second kappa shape index (κ2) is 10.5. The van der Waals surface area contributed by atoms with Gasteiger partial charge in [-0.1, -0.05) is 26.0 Å². The Bertz CT molecular complexity index is 899. The van der Waals surface area contributed by atoms with Gasteiger partial charge in [0.15, 0.2) is 0 Å². The molecule has 1 fully saturated rings. The van der Waals surface area contributed by atoms with E-state index in [0.29, 0.717) is 44.7 Å². The number of carbonyl (C=O) groups is 2. The number of carboxylic acid groups (broad SMARTS) is 1. The van der Waals surface area contributed by atoms with Crippen LogP contribution < -0.4 is 0 Å². The monoisotopic (exact) mass is 428 g/mol. The molecule has 7 nitrogen and oxygen atoms in total. The van der Waals surface area contributed by atoms with Gasteiger partial charge in [0, 0.05) is 25.1 Å². The molecule has 3 rings (SSSR count). The van der Waals surface area contributed by atoms with Gasteiger partial charge in [-0.15, -0.1) is 0 Å². The maximum Gasteiger partial charge on any atom is 0.409 e. The van der Waals surface area contributed by atoms with Crippen LogP contribution in [-0.4, -0.2) is 46.7 Å². The minimum atomic E-state index is -0.743. The van der Waals surface area contributed by atoms with Crippen LogP contribution in [-0.2, 0) is 22.4 Å². The largest absolute Gasteiger partial charge is 0.481 e. The lowest BCUT2D eigenvalue weighted by Crippen LogP contribution is -2.41. The van der Waals surface area contributed by atoms with Crippen LogP contribution in [0.25, 0.3) is 11.5 Å². The molecule has 1 unspecified atom stereocenters. The zero-order valence-corrected chi connectivity index (χ0v) is 18.6. The molecule has 1 atom stereocenters. The molecule has 1 amide bonds. The molecule has 1 aromatic carbocycles. The third kappa shape index (κ3) is 5.66. The number of rotatable bonds is 8. The average molecular weight is 429 g/mol. The Morgan fingerprint density at radius 1 is 1.29 bits per heavy atom. The minimum absolute atomic E-state index is 0.119. The van der Waals surface area contributed by atoms with Gasteiger partial charge >= 0.3 is 12.1 Å². The van der Waals surface area contributed by atoms with Crippen molar-refractivity contribution in [3.63, 3.8) is 0 Å².